The molecule has 0 atom stereocenters. The van der Waals surface area contributed by atoms with Gasteiger partial charge in [-0.3, -0.25) is 0 Å². The molecule has 0 amide bonds. The molecule has 5 aromatic carbocycles. The van der Waals surface area contributed by atoms with Gasteiger partial charge in [0.1, 0.15) is 0 Å². The Kier molecular flexibility index (Phi) is 3.85. The highest BCUT2D eigenvalue weighted by Gasteiger charge is 2.19. The second-order valence-electron chi connectivity index (χ2n) is 9.02. The first-order chi connectivity index (χ1) is 17.4. The van der Waals surface area contributed by atoms with Gasteiger partial charge in [-0.25, -0.2) is 0 Å². The van der Waals surface area contributed by atoms with Crippen LogP contribution in [0.25, 0.3) is 64.3 Å². The molecule has 3 heteroatoms. The van der Waals surface area contributed by atoms with Gasteiger partial charge >= 0.3 is 0 Å². The van der Waals surface area contributed by atoms with Crippen LogP contribution in [0.2, 0.25) is 0 Å². The van der Waals surface area contributed by atoms with E-state index in [1.165, 1.54) is 64.3 Å². The van der Waals surface area contributed by atoms with Crippen molar-refractivity contribution in [3.05, 3.63) is 121 Å². The summed E-state index contributed by atoms with van der Waals surface area (Å²) in [6.07, 6.45) is 2.19. The van der Waals surface area contributed by atoms with Crippen molar-refractivity contribution in [1.82, 2.24) is 9.13 Å². The fourth-order valence-corrected chi connectivity index (χ4v) is 6.86. The molecule has 3 heterocycles. The lowest BCUT2D eigenvalue weighted by Crippen LogP contribution is -1.94. The van der Waals surface area contributed by atoms with E-state index in [1.807, 2.05) is 11.3 Å². The molecule has 0 saturated carbocycles. The van der Waals surface area contributed by atoms with Crippen LogP contribution in [0.3, 0.4) is 0 Å². The van der Waals surface area contributed by atoms with Crippen LogP contribution in [0.15, 0.2) is 121 Å². The molecule has 0 aliphatic rings. The van der Waals surface area contributed by atoms with Crippen LogP contribution < -0.4 is 0 Å². The minimum Gasteiger partial charge on any atom is -0.316 e. The molecule has 164 valence electrons. The molecule has 0 aliphatic heterocycles. The van der Waals surface area contributed by atoms with Crippen LogP contribution in [0.5, 0.6) is 0 Å². The number of hydrogen-bond acceptors (Lipinski definition) is 1. The van der Waals surface area contributed by atoms with Crippen LogP contribution >= 0.6 is 11.3 Å². The second kappa shape index (κ2) is 7.08. The van der Waals surface area contributed by atoms with E-state index < -0.39 is 0 Å². The molecule has 35 heavy (non-hydrogen) atoms. The van der Waals surface area contributed by atoms with Gasteiger partial charge in [-0.05, 0) is 42.5 Å². The molecule has 2 nitrogen and oxygen atoms in total. The van der Waals surface area contributed by atoms with E-state index >= 15 is 0 Å². The fourth-order valence-electron chi connectivity index (χ4n) is 5.65. The molecule has 0 saturated heterocycles. The number of benzene rings is 5. The minimum atomic E-state index is 1.18. The monoisotopic (exact) mass is 464 g/mol. The second-order valence-corrected chi connectivity index (χ2v) is 10.1. The Balaban J connectivity index is 1.56. The normalized spacial score (nSPS) is 12.0. The molecular weight excluding hydrogens is 444 g/mol. The molecule has 0 spiro atoms. The molecular formula is C32H20N2S. The van der Waals surface area contributed by atoms with Crippen molar-refractivity contribution < 1.29 is 0 Å². The first kappa shape index (κ1) is 19.0. The smallest absolute Gasteiger partial charge is 0.0640 e. The first-order valence-corrected chi connectivity index (χ1v) is 12.7. The Morgan fingerprint density at radius 1 is 0.543 bits per heavy atom. The SMILES string of the molecule is c1ccc(-n2ccc3ccc4c(c5ccccc5n4-c4cccc5c4sc4ccccc45)c32)cc1. The number of hydrogen-bond donors (Lipinski definition) is 0. The quantitative estimate of drug-likeness (QED) is 0.241. The Hall–Kier alpha value is -4.34. The molecule has 0 unspecified atom stereocenters. The third-order valence-electron chi connectivity index (χ3n) is 7.15. The number of aromatic nitrogens is 2. The molecule has 8 aromatic rings. The van der Waals surface area contributed by atoms with E-state index in [0.29, 0.717) is 0 Å². The number of para-hydroxylation sites is 2. The molecule has 0 bridgehead atoms. The predicted octanol–water partition coefficient (Wildman–Crippen LogP) is 9.10. The summed E-state index contributed by atoms with van der Waals surface area (Å²) in [6, 6.07) is 41.7. The number of nitrogens with zero attached hydrogens (tertiary/aromatic N) is 2. The van der Waals surface area contributed by atoms with Crippen LogP contribution in [0.1, 0.15) is 0 Å². The summed E-state index contributed by atoms with van der Waals surface area (Å²) >= 11 is 1.88. The topological polar surface area (TPSA) is 9.86 Å². The zero-order chi connectivity index (χ0) is 22.9. The Labute approximate surface area is 205 Å². The average Bonchev–Trinajstić information content (AvgIpc) is 3.60. The van der Waals surface area contributed by atoms with Gasteiger partial charge in [0.05, 0.1) is 26.9 Å². The van der Waals surface area contributed by atoms with Crippen LogP contribution in [0.4, 0.5) is 0 Å². The van der Waals surface area contributed by atoms with E-state index in [4.69, 9.17) is 0 Å². The molecule has 8 rings (SSSR count). The number of thiophene rings is 1. The van der Waals surface area contributed by atoms with E-state index in [-0.39, 0.29) is 0 Å². The Morgan fingerprint density at radius 2 is 1.31 bits per heavy atom. The third kappa shape index (κ3) is 2.59. The van der Waals surface area contributed by atoms with E-state index in [9.17, 15) is 0 Å². The van der Waals surface area contributed by atoms with Gasteiger partial charge in [0.2, 0.25) is 0 Å². The van der Waals surface area contributed by atoms with E-state index in [2.05, 4.69) is 131 Å². The molecule has 0 fully saturated rings. The molecule has 0 N–H and O–H groups in total. The van der Waals surface area contributed by atoms with Gasteiger partial charge in [0, 0.05) is 43.5 Å². The summed E-state index contributed by atoms with van der Waals surface area (Å²) in [5.41, 5.74) is 6.15. The highest BCUT2D eigenvalue weighted by Crippen LogP contribution is 2.42. The zero-order valence-electron chi connectivity index (χ0n) is 18.8. The van der Waals surface area contributed by atoms with Crippen LogP contribution in [0, 0.1) is 0 Å². The summed E-state index contributed by atoms with van der Waals surface area (Å²) in [7, 11) is 0. The maximum Gasteiger partial charge on any atom is 0.0640 e. The molecule has 0 radical (unpaired) electrons. The summed E-state index contributed by atoms with van der Waals surface area (Å²) in [5.74, 6) is 0. The summed E-state index contributed by atoms with van der Waals surface area (Å²) in [5, 5.41) is 6.48. The van der Waals surface area contributed by atoms with Gasteiger partial charge in [0.15, 0.2) is 0 Å². The number of fused-ring (bicyclic) bond motifs is 8. The summed E-state index contributed by atoms with van der Waals surface area (Å²) in [4.78, 5) is 0. The van der Waals surface area contributed by atoms with Crippen molar-refractivity contribution in [3.8, 4) is 11.4 Å². The first-order valence-electron chi connectivity index (χ1n) is 11.9. The van der Waals surface area contributed by atoms with Crippen molar-refractivity contribution in [1.29, 1.82) is 0 Å². The maximum absolute atomic E-state index is 2.46. The van der Waals surface area contributed by atoms with Gasteiger partial charge in [0.25, 0.3) is 0 Å². The van der Waals surface area contributed by atoms with Crippen LogP contribution in [-0.4, -0.2) is 9.13 Å². The lowest BCUT2D eigenvalue weighted by atomic mass is 10.1. The van der Waals surface area contributed by atoms with Crippen molar-refractivity contribution in [2.24, 2.45) is 0 Å². The Bertz CT molecular complexity index is 2050. The highest BCUT2D eigenvalue weighted by molar-refractivity contribution is 7.26. The summed E-state index contributed by atoms with van der Waals surface area (Å²) in [6.45, 7) is 0. The molecule has 3 aromatic heterocycles. The predicted molar refractivity (Wildman–Crippen MR) is 151 cm³/mol. The average molecular weight is 465 g/mol. The standard InChI is InChI=1S/C32H20N2S/c1-2-9-22(10-3-1)33-20-19-21-17-18-27-30(31(21)33)25-12-4-6-14-26(25)34(27)28-15-8-13-24-23-11-5-7-16-29(23)35-32(24)28/h1-20H. The Morgan fingerprint density at radius 3 is 2.23 bits per heavy atom. The fraction of sp³-hybridized carbons (Fsp3) is 0. The van der Waals surface area contributed by atoms with Crippen molar-refractivity contribution in [2.75, 3.05) is 0 Å². The zero-order valence-corrected chi connectivity index (χ0v) is 19.7. The third-order valence-corrected chi connectivity index (χ3v) is 8.35. The van der Waals surface area contributed by atoms with Gasteiger partial charge in [-0.1, -0.05) is 72.8 Å². The number of rotatable bonds is 2. The van der Waals surface area contributed by atoms with Crippen molar-refractivity contribution in [3.63, 3.8) is 0 Å². The lowest BCUT2D eigenvalue weighted by Gasteiger charge is -2.10. The summed E-state index contributed by atoms with van der Waals surface area (Å²) < 4.78 is 7.45. The highest BCUT2D eigenvalue weighted by atomic mass is 32.1. The van der Waals surface area contributed by atoms with E-state index in [1.54, 1.807) is 0 Å². The molecule has 0 aliphatic carbocycles. The lowest BCUT2D eigenvalue weighted by molar-refractivity contribution is 1.13. The van der Waals surface area contributed by atoms with Crippen molar-refractivity contribution in [2.45, 2.75) is 0 Å². The van der Waals surface area contributed by atoms with E-state index in [0.717, 1.165) is 0 Å². The van der Waals surface area contributed by atoms with Crippen molar-refractivity contribution >= 4 is 64.2 Å². The van der Waals surface area contributed by atoms with Gasteiger partial charge in [-0.2, -0.15) is 0 Å². The minimum absolute atomic E-state index is 1.18. The van der Waals surface area contributed by atoms with Crippen LogP contribution in [-0.2, 0) is 0 Å². The largest absolute Gasteiger partial charge is 0.316 e. The van der Waals surface area contributed by atoms with Gasteiger partial charge in [-0.15, -0.1) is 11.3 Å². The van der Waals surface area contributed by atoms with Gasteiger partial charge < -0.3 is 9.13 Å². The maximum atomic E-state index is 2.46.